The van der Waals surface area contributed by atoms with Crippen LogP contribution in [0.25, 0.3) is 6.08 Å². The van der Waals surface area contributed by atoms with E-state index in [1.54, 1.807) is 30.3 Å². The van der Waals surface area contributed by atoms with Crippen LogP contribution in [0, 0.1) is 21.4 Å². The van der Waals surface area contributed by atoms with Crippen molar-refractivity contribution in [3.8, 4) is 6.07 Å². The lowest BCUT2D eigenvalue weighted by molar-refractivity contribution is -0.383. The molecular formula is C16H9Cl2N3O3. The number of nitrogens with zero attached hydrogens (tertiary/aromatic N) is 2. The molecule has 120 valence electrons. The number of carbonyl (C=O) groups excluding carboxylic acids is 1. The van der Waals surface area contributed by atoms with Crippen LogP contribution >= 0.6 is 23.2 Å². The maximum absolute atomic E-state index is 12.2. The predicted molar refractivity (Wildman–Crippen MR) is 91.8 cm³/mol. The summed E-state index contributed by atoms with van der Waals surface area (Å²) in [5, 5.41) is 23.1. The fourth-order valence-corrected chi connectivity index (χ4v) is 2.23. The Kier molecular flexibility index (Phi) is 5.53. The van der Waals surface area contributed by atoms with Gasteiger partial charge in [0.05, 0.1) is 4.92 Å². The van der Waals surface area contributed by atoms with E-state index in [4.69, 9.17) is 28.5 Å². The minimum Gasteiger partial charge on any atom is -0.316 e. The fraction of sp³-hybridized carbons (Fsp3) is 0. The first-order valence-corrected chi connectivity index (χ1v) is 7.29. The van der Waals surface area contributed by atoms with Crippen LogP contribution in [0.3, 0.4) is 0 Å². The number of nitro groups is 1. The Bertz CT molecular complexity index is 888. The molecule has 0 atom stereocenters. The Morgan fingerprint density at radius 2 is 1.92 bits per heavy atom. The van der Waals surface area contributed by atoms with Crippen molar-refractivity contribution in [2.45, 2.75) is 0 Å². The van der Waals surface area contributed by atoms with E-state index in [0.29, 0.717) is 10.6 Å². The quantitative estimate of drug-likeness (QED) is 0.376. The summed E-state index contributed by atoms with van der Waals surface area (Å²) in [5.41, 5.74) is -0.0844. The SMILES string of the molecule is N#C/C(=C/c1cccc(Cl)c1)C(=O)Nc1ccc(Cl)cc1[N+](=O)[O-]. The van der Waals surface area contributed by atoms with Gasteiger partial charge in [-0.15, -0.1) is 0 Å². The number of anilines is 1. The molecule has 2 aromatic carbocycles. The minimum absolute atomic E-state index is 0.0540. The molecule has 2 rings (SSSR count). The maximum atomic E-state index is 12.2. The van der Waals surface area contributed by atoms with Crippen LogP contribution in [0.4, 0.5) is 11.4 Å². The van der Waals surface area contributed by atoms with Gasteiger partial charge in [-0.05, 0) is 35.9 Å². The second-order valence-electron chi connectivity index (χ2n) is 4.60. The summed E-state index contributed by atoms with van der Waals surface area (Å²) in [5.74, 6) is -0.775. The number of amides is 1. The first kappa shape index (κ1) is 17.5. The van der Waals surface area contributed by atoms with Crippen molar-refractivity contribution in [1.29, 1.82) is 5.26 Å². The molecule has 2 aromatic rings. The van der Waals surface area contributed by atoms with Gasteiger partial charge >= 0.3 is 0 Å². The molecule has 1 amide bonds. The second kappa shape index (κ2) is 7.59. The summed E-state index contributed by atoms with van der Waals surface area (Å²) in [6.07, 6.45) is 1.34. The Morgan fingerprint density at radius 3 is 2.54 bits per heavy atom. The molecule has 0 saturated carbocycles. The van der Waals surface area contributed by atoms with Crippen LogP contribution in [-0.2, 0) is 4.79 Å². The number of rotatable bonds is 4. The van der Waals surface area contributed by atoms with Crippen molar-refractivity contribution in [3.63, 3.8) is 0 Å². The molecule has 8 heteroatoms. The van der Waals surface area contributed by atoms with Gasteiger partial charge in [0.1, 0.15) is 17.3 Å². The lowest BCUT2D eigenvalue weighted by atomic mass is 10.1. The van der Waals surface area contributed by atoms with E-state index < -0.39 is 10.8 Å². The van der Waals surface area contributed by atoms with E-state index in [1.165, 1.54) is 18.2 Å². The van der Waals surface area contributed by atoms with Crippen LogP contribution in [0.1, 0.15) is 5.56 Å². The molecule has 0 bridgehead atoms. The van der Waals surface area contributed by atoms with E-state index in [-0.39, 0.29) is 22.0 Å². The van der Waals surface area contributed by atoms with E-state index >= 15 is 0 Å². The van der Waals surface area contributed by atoms with Gasteiger partial charge in [-0.1, -0.05) is 35.3 Å². The predicted octanol–water partition coefficient (Wildman–Crippen LogP) is 4.45. The molecule has 0 aliphatic carbocycles. The maximum Gasteiger partial charge on any atom is 0.294 e. The van der Waals surface area contributed by atoms with Crippen molar-refractivity contribution >= 4 is 46.6 Å². The van der Waals surface area contributed by atoms with Crippen LogP contribution in [0.5, 0.6) is 0 Å². The molecule has 0 unspecified atom stereocenters. The van der Waals surface area contributed by atoms with Crippen molar-refractivity contribution in [1.82, 2.24) is 0 Å². The highest BCUT2D eigenvalue weighted by Crippen LogP contribution is 2.28. The smallest absolute Gasteiger partial charge is 0.294 e. The Morgan fingerprint density at radius 1 is 1.21 bits per heavy atom. The molecule has 0 aromatic heterocycles. The molecule has 0 spiro atoms. The van der Waals surface area contributed by atoms with Crippen molar-refractivity contribution < 1.29 is 9.72 Å². The average Bonchev–Trinajstić information content (AvgIpc) is 2.54. The third-order valence-electron chi connectivity index (χ3n) is 2.93. The van der Waals surface area contributed by atoms with Crippen LogP contribution in [0.2, 0.25) is 10.0 Å². The van der Waals surface area contributed by atoms with Gasteiger partial charge in [0.25, 0.3) is 11.6 Å². The van der Waals surface area contributed by atoms with Gasteiger partial charge in [0.15, 0.2) is 0 Å². The van der Waals surface area contributed by atoms with E-state index in [1.807, 2.05) is 0 Å². The van der Waals surface area contributed by atoms with Gasteiger partial charge in [-0.25, -0.2) is 0 Å². The molecule has 24 heavy (non-hydrogen) atoms. The van der Waals surface area contributed by atoms with Gasteiger partial charge in [-0.2, -0.15) is 5.26 Å². The molecule has 0 aliphatic heterocycles. The third-order valence-corrected chi connectivity index (χ3v) is 3.40. The van der Waals surface area contributed by atoms with Crippen molar-refractivity contribution in [3.05, 3.63) is 73.8 Å². The molecule has 0 aliphatic rings. The van der Waals surface area contributed by atoms with Crippen LogP contribution < -0.4 is 5.32 Å². The number of nitriles is 1. The minimum atomic E-state index is -0.775. The summed E-state index contributed by atoms with van der Waals surface area (Å²) >= 11 is 11.6. The number of nitro benzene ring substituents is 1. The van der Waals surface area contributed by atoms with Gasteiger partial charge in [-0.3, -0.25) is 14.9 Å². The van der Waals surface area contributed by atoms with Crippen LogP contribution in [0.15, 0.2) is 48.0 Å². The number of benzene rings is 2. The monoisotopic (exact) mass is 361 g/mol. The Labute approximate surface area is 147 Å². The fourth-order valence-electron chi connectivity index (χ4n) is 1.86. The molecule has 0 fully saturated rings. The molecule has 0 saturated heterocycles. The number of carbonyl (C=O) groups is 1. The first-order chi connectivity index (χ1) is 11.4. The molecule has 1 N–H and O–H groups in total. The molecule has 0 heterocycles. The van der Waals surface area contributed by atoms with Crippen molar-refractivity contribution in [2.24, 2.45) is 0 Å². The van der Waals surface area contributed by atoms with Crippen LogP contribution in [-0.4, -0.2) is 10.8 Å². The largest absolute Gasteiger partial charge is 0.316 e. The number of halogens is 2. The van der Waals surface area contributed by atoms with Gasteiger partial charge in [0, 0.05) is 16.1 Å². The normalized spacial score (nSPS) is 10.8. The highest BCUT2D eigenvalue weighted by molar-refractivity contribution is 6.31. The van der Waals surface area contributed by atoms with E-state index in [9.17, 15) is 14.9 Å². The highest BCUT2D eigenvalue weighted by Gasteiger charge is 2.18. The Hall–Kier alpha value is -2.88. The second-order valence-corrected chi connectivity index (χ2v) is 5.47. The van der Waals surface area contributed by atoms with Crippen molar-refractivity contribution in [2.75, 3.05) is 5.32 Å². The zero-order valence-corrected chi connectivity index (χ0v) is 13.5. The average molecular weight is 362 g/mol. The van der Waals surface area contributed by atoms with Gasteiger partial charge < -0.3 is 5.32 Å². The summed E-state index contributed by atoms with van der Waals surface area (Å²) in [4.78, 5) is 22.6. The summed E-state index contributed by atoms with van der Waals surface area (Å²) in [6.45, 7) is 0. The lowest BCUT2D eigenvalue weighted by Gasteiger charge is -2.06. The number of nitrogens with one attached hydrogen (secondary N) is 1. The number of hydrogen-bond donors (Lipinski definition) is 1. The zero-order valence-electron chi connectivity index (χ0n) is 12.0. The number of hydrogen-bond acceptors (Lipinski definition) is 4. The molecular weight excluding hydrogens is 353 g/mol. The Balaban J connectivity index is 2.31. The molecule has 0 radical (unpaired) electrons. The molecule has 6 nitrogen and oxygen atoms in total. The first-order valence-electron chi connectivity index (χ1n) is 6.53. The standard InChI is InChI=1S/C16H9Cl2N3O3/c17-12-3-1-2-10(7-12)6-11(9-19)16(22)20-14-5-4-13(18)8-15(14)21(23)24/h1-8H,(H,20,22)/b11-6-. The zero-order chi connectivity index (χ0) is 17.7. The summed E-state index contributed by atoms with van der Waals surface area (Å²) in [6, 6.07) is 12.1. The topological polar surface area (TPSA) is 96.0 Å². The lowest BCUT2D eigenvalue weighted by Crippen LogP contribution is -2.14. The highest BCUT2D eigenvalue weighted by atomic mass is 35.5. The summed E-state index contributed by atoms with van der Waals surface area (Å²) in [7, 11) is 0. The third kappa shape index (κ3) is 4.32. The van der Waals surface area contributed by atoms with Gasteiger partial charge in [0.2, 0.25) is 0 Å². The van der Waals surface area contributed by atoms with E-state index in [2.05, 4.69) is 5.32 Å². The van der Waals surface area contributed by atoms with E-state index in [0.717, 1.165) is 6.07 Å². The summed E-state index contributed by atoms with van der Waals surface area (Å²) < 4.78 is 0.